The van der Waals surface area contributed by atoms with Gasteiger partial charge in [-0.05, 0) is 12.3 Å². The summed E-state index contributed by atoms with van der Waals surface area (Å²) in [6.45, 7) is 3.21. The number of nitrogens with two attached hydrogens (primary N) is 2. The summed E-state index contributed by atoms with van der Waals surface area (Å²) < 4.78 is 0. The molecule has 10 N–H and O–H groups in total. The molecule has 0 aliphatic rings. The van der Waals surface area contributed by atoms with Crippen LogP contribution in [0, 0.1) is 5.92 Å². The Balaban J connectivity index is 5.57. The molecule has 15 nitrogen and oxygen atoms in total. The highest BCUT2D eigenvalue weighted by molar-refractivity contribution is 5.96. The Morgan fingerprint density at radius 2 is 1.29 bits per heavy atom. The van der Waals surface area contributed by atoms with E-state index < -0.39 is 84.5 Å². The topological polar surface area (TPSA) is 268 Å². The second kappa shape index (κ2) is 14.4. The van der Waals surface area contributed by atoms with Crippen molar-refractivity contribution in [3.8, 4) is 0 Å². The van der Waals surface area contributed by atoms with E-state index in [-0.39, 0.29) is 12.8 Å². The molecule has 0 rings (SSSR count). The second-order valence-electron chi connectivity index (χ2n) is 7.64. The number of primary amides is 1. The third kappa shape index (κ3) is 11.2. The highest BCUT2D eigenvalue weighted by atomic mass is 16.4. The summed E-state index contributed by atoms with van der Waals surface area (Å²) in [7, 11) is 0. The van der Waals surface area contributed by atoms with Crippen LogP contribution < -0.4 is 27.4 Å². The zero-order valence-electron chi connectivity index (χ0n) is 18.8. The summed E-state index contributed by atoms with van der Waals surface area (Å²) in [6, 6.07) is -6.06. The molecule has 0 aromatic carbocycles. The Bertz CT molecular complexity index is 802. The van der Waals surface area contributed by atoms with Crippen LogP contribution in [0.15, 0.2) is 0 Å². The molecule has 0 aliphatic carbocycles. The average molecular weight is 489 g/mol. The molecular weight excluding hydrogens is 458 g/mol. The van der Waals surface area contributed by atoms with Gasteiger partial charge in [0.15, 0.2) is 0 Å². The molecule has 0 aromatic heterocycles. The number of carbonyl (C=O) groups is 7. The number of aliphatic carboxylic acids is 3. The van der Waals surface area contributed by atoms with Gasteiger partial charge in [0.1, 0.15) is 18.1 Å². The molecule has 15 heteroatoms. The number of hydrogen-bond donors (Lipinski definition) is 8. The van der Waals surface area contributed by atoms with Crippen LogP contribution in [0.25, 0.3) is 0 Å². The van der Waals surface area contributed by atoms with Crippen LogP contribution in [0.4, 0.5) is 0 Å². The molecule has 34 heavy (non-hydrogen) atoms. The fourth-order valence-electron chi connectivity index (χ4n) is 2.68. The van der Waals surface area contributed by atoms with Gasteiger partial charge in [0.25, 0.3) is 0 Å². The Morgan fingerprint density at radius 1 is 0.794 bits per heavy atom. The van der Waals surface area contributed by atoms with Gasteiger partial charge < -0.3 is 42.7 Å². The van der Waals surface area contributed by atoms with Gasteiger partial charge in [-0.3, -0.25) is 28.8 Å². The van der Waals surface area contributed by atoms with Crippen LogP contribution in [0.5, 0.6) is 0 Å². The summed E-state index contributed by atoms with van der Waals surface area (Å²) in [6.07, 6.45) is -1.83. The van der Waals surface area contributed by atoms with E-state index in [1.54, 1.807) is 13.8 Å². The van der Waals surface area contributed by atoms with Crippen molar-refractivity contribution in [1.29, 1.82) is 0 Å². The highest BCUT2D eigenvalue weighted by Crippen LogP contribution is 2.10. The van der Waals surface area contributed by atoms with Crippen molar-refractivity contribution in [1.82, 2.24) is 16.0 Å². The number of carbonyl (C=O) groups excluding carboxylic acids is 4. The molecule has 0 fully saturated rings. The van der Waals surface area contributed by atoms with Crippen molar-refractivity contribution in [3.05, 3.63) is 0 Å². The Kier molecular flexibility index (Phi) is 12.8. The first kappa shape index (κ1) is 30.2. The number of amides is 4. The first-order chi connectivity index (χ1) is 15.7. The summed E-state index contributed by atoms with van der Waals surface area (Å²) in [5.41, 5.74) is 10.6. The third-order valence-corrected chi connectivity index (χ3v) is 4.84. The molecule has 0 radical (unpaired) electrons. The number of carboxylic acids is 3. The van der Waals surface area contributed by atoms with Gasteiger partial charge in [-0.2, -0.15) is 0 Å². The van der Waals surface area contributed by atoms with Gasteiger partial charge in [0, 0.05) is 6.42 Å². The summed E-state index contributed by atoms with van der Waals surface area (Å²) in [5, 5.41) is 33.5. The zero-order valence-corrected chi connectivity index (χ0v) is 18.8. The minimum Gasteiger partial charge on any atom is -0.481 e. The largest absolute Gasteiger partial charge is 0.481 e. The molecule has 0 heterocycles. The molecule has 0 saturated heterocycles. The predicted molar refractivity (Wildman–Crippen MR) is 114 cm³/mol. The van der Waals surface area contributed by atoms with Gasteiger partial charge in [-0.25, -0.2) is 4.79 Å². The maximum atomic E-state index is 12.7. The molecule has 0 saturated carbocycles. The van der Waals surface area contributed by atoms with Crippen LogP contribution in [-0.4, -0.2) is 81.0 Å². The summed E-state index contributed by atoms with van der Waals surface area (Å²) in [4.78, 5) is 81.7. The molecule has 192 valence electrons. The lowest BCUT2D eigenvalue weighted by Gasteiger charge is -2.27. The van der Waals surface area contributed by atoms with Gasteiger partial charge in [0.05, 0.1) is 18.9 Å². The summed E-state index contributed by atoms with van der Waals surface area (Å²) in [5.74, 6) is -8.84. The van der Waals surface area contributed by atoms with E-state index >= 15 is 0 Å². The average Bonchev–Trinajstić information content (AvgIpc) is 2.72. The molecule has 5 unspecified atom stereocenters. The van der Waals surface area contributed by atoms with E-state index in [2.05, 4.69) is 10.6 Å². The van der Waals surface area contributed by atoms with Crippen molar-refractivity contribution in [2.24, 2.45) is 17.4 Å². The fourth-order valence-corrected chi connectivity index (χ4v) is 2.68. The predicted octanol–water partition coefficient (Wildman–Crippen LogP) is -2.89. The van der Waals surface area contributed by atoms with Gasteiger partial charge in [0.2, 0.25) is 23.6 Å². The lowest BCUT2D eigenvalue weighted by Crippen LogP contribution is -2.59. The number of nitrogens with one attached hydrogen (secondary N) is 3. The van der Waals surface area contributed by atoms with Crippen LogP contribution in [-0.2, 0) is 33.6 Å². The second-order valence-corrected chi connectivity index (χ2v) is 7.64. The Hall–Kier alpha value is -3.75. The Labute approximate surface area is 194 Å². The molecule has 0 aliphatic heterocycles. The molecule has 5 atom stereocenters. The van der Waals surface area contributed by atoms with E-state index in [0.29, 0.717) is 6.42 Å². The van der Waals surface area contributed by atoms with Crippen LogP contribution in [0.3, 0.4) is 0 Å². The smallest absolute Gasteiger partial charge is 0.326 e. The quantitative estimate of drug-likeness (QED) is 0.109. The van der Waals surface area contributed by atoms with Crippen molar-refractivity contribution in [3.63, 3.8) is 0 Å². The van der Waals surface area contributed by atoms with E-state index in [9.17, 15) is 33.6 Å². The van der Waals surface area contributed by atoms with E-state index in [1.807, 2.05) is 5.32 Å². The maximum absolute atomic E-state index is 12.7. The number of rotatable bonds is 16. The van der Waals surface area contributed by atoms with Gasteiger partial charge in [-0.1, -0.05) is 20.3 Å². The molecule has 0 aromatic rings. The molecule has 0 spiro atoms. The fraction of sp³-hybridized carbons (Fsp3) is 0.632. The zero-order chi connectivity index (χ0) is 26.6. The normalized spacial score (nSPS) is 15.0. The molecule has 0 bridgehead atoms. The minimum atomic E-state index is -1.77. The third-order valence-electron chi connectivity index (χ3n) is 4.84. The maximum Gasteiger partial charge on any atom is 0.326 e. The number of carboxylic acid groups (broad SMARTS) is 3. The van der Waals surface area contributed by atoms with Gasteiger partial charge >= 0.3 is 17.9 Å². The molecular formula is C19H31N5O10. The SMILES string of the molecule is CCC(C)C(NC(=O)C(CC(=O)O)NC(=O)C(N)CCC(N)=O)C(=O)NC(CC(=O)O)C(=O)O. The molecule has 4 amide bonds. The first-order valence-electron chi connectivity index (χ1n) is 10.3. The van der Waals surface area contributed by atoms with Crippen molar-refractivity contribution in [2.75, 3.05) is 0 Å². The van der Waals surface area contributed by atoms with Crippen molar-refractivity contribution in [2.45, 2.75) is 70.1 Å². The lowest BCUT2D eigenvalue weighted by atomic mass is 9.97. The van der Waals surface area contributed by atoms with E-state index in [4.69, 9.17) is 26.8 Å². The lowest BCUT2D eigenvalue weighted by molar-refractivity contribution is -0.147. The van der Waals surface area contributed by atoms with Gasteiger partial charge in [-0.15, -0.1) is 0 Å². The van der Waals surface area contributed by atoms with Crippen LogP contribution in [0.1, 0.15) is 46.0 Å². The minimum absolute atomic E-state index is 0.152. The summed E-state index contributed by atoms with van der Waals surface area (Å²) >= 11 is 0. The van der Waals surface area contributed by atoms with Crippen molar-refractivity contribution >= 4 is 41.5 Å². The van der Waals surface area contributed by atoms with Crippen LogP contribution in [0.2, 0.25) is 0 Å². The van der Waals surface area contributed by atoms with E-state index in [0.717, 1.165) is 0 Å². The standard InChI is InChI=1S/C19H31N5O10/c1-3-8(2)15(18(32)23-11(19(33)34)7-14(28)29)24-17(31)10(6-13(26)27)22-16(30)9(20)4-5-12(21)25/h8-11,15H,3-7,20H2,1-2H3,(H2,21,25)(H,22,30)(H,23,32)(H,24,31)(H,26,27)(H,28,29)(H,33,34). The highest BCUT2D eigenvalue weighted by Gasteiger charge is 2.34. The first-order valence-corrected chi connectivity index (χ1v) is 10.3. The number of hydrogen-bond acceptors (Lipinski definition) is 8. The van der Waals surface area contributed by atoms with Crippen molar-refractivity contribution < 1.29 is 48.9 Å². The van der Waals surface area contributed by atoms with E-state index in [1.165, 1.54) is 0 Å². The monoisotopic (exact) mass is 489 g/mol. The van der Waals surface area contributed by atoms with Crippen LogP contribution >= 0.6 is 0 Å². The Morgan fingerprint density at radius 3 is 1.74 bits per heavy atom.